The third-order valence-electron chi connectivity index (χ3n) is 10.6. The van der Waals surface area contributed by atoms with Crippen molar-refractivity contribution < 1.29 is 64.6 Å². The first kappa shape index (κ1) is 44.3. The zero-order valence-electron chi connectivity index (χ0n) is 31.5. The second-order valence-electron chi connectivity index (χ2n) is 14.8. The van der Waals surface area contributed by atoms with Crippen LogP contribution in [0.15, 0.2) is 24.4 Å². The first-order valence-corrected chi connectivity index (χ1v) is 19.9. The molecule has 308 valence electrons. The summed E-state index contributed by atoms with van der Waals surface area (Å²) in [7, 11) is 0. The summed E-state index contributed by atoms with van der Waals surface area (Å²) in [5.41, 5.74) is 1.77. The van der Waals surface area contributed by atoms with Crippen LogP contribution in [0.3, 0.4) is 0 Å². The minimum absolute atomic E-state index is 0.0274. The number of amides is 1. The first-order chi connectivity index (χ1) is 26.0. The van der Waals surface area contributed by atoms with Crippen LogP contribution in [0.5, 0.6) is 5.75 Å². The third-order valence-corrected chi connectivity index (χ3v) is 10.6. The number of fused-ring (bicyclic) bond motifs is 1. The largest absolute Gasteiger partial charge is 0.462 e. The lowest BCUT2D eigenvalue weighted by Gasteiger charge is -2.42. The average Bonchev–Trinajstić information content (AvgIpc) is 3.57. The second kappa shape index (κ2) is 23.0. The van der Waals surface area contributed by atoms with Gasteiger partial charge >= 0.3 is 0 Å². The molecule has 1 amide bonds. The van der Waals surface area contributed by atoms with Gasteiger partial charge < -0.3 is 70.1 Å². The van der Waals surface area contributed by atoms with Crippen LogP contribution in [-0.2, 0) is 25.4 Å². The number of nitrogens with one attached hydrogen (secondary N) is 2. The quantitative estimate of drug-likeness (QED) is 0.0685. The lowest BCUT2D eigenvalue weighted by atomic mass is 9.98. The molecule has 2 aromatic rings. The van der Waals surface area contributed by atoms with E-state index < -0.39 is 74.6 Å². The van der Waals surface area contributed by atoms with Gasteiger partial charge in [0.1, 0.15) is 54.6 Å². The lowest BCUT2D eigenvalue weighted by molar-refractivity contribution is -0.323. The summed E-state index contributed by atoms with van der Waals surface area (Å²) in [6.45, 7) is 1.37. The van der Waals surface area contributed by atoms with Gasteiger partial charge in [0.2, 0.25) is 12.2 Å². The number of carbonyl (C=O) groups excluding carboxylic acids is 1. The molecule has 1 aromatic heterocycles. The van der Waals surface area contributed by atoms with E-state index in [-0.39, 0.29) is 12.0 Å². The van der Waals surface area contributed by atoms with Crippen LogP contribution in [0.1, 0.15) is 102 Å². The molecule has 15 nitrogen and oxygen atoms in total. The van der Waals surface area contributed by atoms with Crippen LogP contribution in [0.2, 0.25) is 0 Å². The molecule has 11 atom stereocenters. The summed E-state index contributed by atoms with van der Waals surface area (Å²) < 4.78 is 22.5. The Balaban J connectivity index is 1.14. The van der Waals surface area contributed by atoms with Gasteiger partial charge in [0.15, 0.2) is 6.29 Å². The van der Waals surface area contributed by atoms with Crippen LogP contribution in [0.4, 0.5) is 0 Å². The minimum Gasteiger partial charge on any atom is -0.462 e. The highest BCUT2D eigenvalue weighted by molar-refractivity contribution is 5.84. The van der Waals surface area contributed by atoms with E-state index in [9.17, 15) is 45.6 Å². The Bertz CT molecular complexity index is 1360. The van der Waals surface area contributed by atoms with Gasteiger partial charge in [-0.3, -0.25) is 4.79 Å². The number of ether oxygens (including phenoxy) is 4. The van der Waals surface area contributed by atoms with Crippen molar-refractivity contribution in [3.8, 4) is 5.75 Å². The molecule has 2 aliphatic rings. The number of rotatable bonds is 24. The summed E-state index contributed by atoms with van der Waals surface area (Å²) >= 11 is 0. The SMILES string of the molecule is CCC(O)CCCCCCCCCCCCCC(=O)NCCc1c[nH]c2ccc(O[C@@H]3O[C@H](CO[C@@H]4O[C@H](CO)[C@@H](O)[C@H](O)[C@H]4O)[C@@H](O)[C@H](O)[C@H]3O)cc12. The molecular formula is C39H64N2O13. The number of hydrogen-bond donors (Lipinski definition) is 10. The van der Waals surface area contributed by atoms with E-state index in [0.29, 0.717) is 25.1 Å². The van der Waals surface area contributed by atoms with Crippen molar-refractivity contribution >= 4 is 16.8 Å². The molecule has 54 heavy (non-hydrogen) atoms. The Labute approximate surface area is 317 Å². The molecule has 2 fully saturated rings. The van der Waals surface area contributed by atoms with E-state index in [2.05, 4.69) is 10.3 Å². The number of unbranched alkanes of at least 4 members (excludes halogenated alkanes) is 10. The fraction of sp³-hybridized carbons (Fsp3) is 0.769. The fourth-order valence-electron chi connectivity index (χ4n) is 7.00. The maximum atomic E-state index is 12.5. The van der Waals surface area contributed by atoms with Crippen LogP contribution >= 0.6 is 0 Å². The molecule has 0 saturated carbocycles. The zero-order chi connectivity index (χ0) is 39.0. The minimum atomic E-state index is -1.68. The molecule has 1 unspecified atom stereocenters. The van der Waals surface area contributed by atoms with Gasteiger partial charge in [-0.1, -0.05) is 71.1 Å². The highest BCUT2D eigenvalue weighted by atomic mass is 16.7. The van der Waals surface area contributed by atoms with Crippen molar-refractivity contribution in [1.82, 2.24) is 10.3 Å². The van der Waals surface area contributed by atoms with E-state index in [0.717, 1.165) is 55.0 Å². The molecule has 2 aliphatic heterocycles. The molecule has 0 spiro atoms. The van der Waals surface area contributed by atoms with E-state index in [1.54, 1.807) is 18.2 Å². The van der Waals surface area contributed by atoms with Crippen molar-refractivity contribution in [3.63, 3.8) is 0 Å². The Morgan fingerprint density at radius 2 is 1.39 bits per heavy atom. The highest BCUT2D eigenvalue weighted by Gasteiger charge is 2.48. The number of aliphatic hydroxyl groups excluding tert-OH is 8. The molecule has 15 heteroatoms. The average molecular weight is 769 g/mol. The number of carbonyl (C=O) groups is 1. The van der Waals surface area contributed by atoms with Crippen LogP contribution < -0.4 is 10.1 Å². The molecule has 10 N–H and O–H groups in total. The number of benzene rings is 1. The predicted octanol–water partition coefficient (Wildman–Crippen LogP) is 1.67. The van der Waals surface area contributed by atoms with Gasteiger partial charge in [0.05, 0.1) is 19.3 Å². The highest BCUT2D eigenvalue weighted by Crippen LogP contribution is 2.30. The Kier molecular flexibility index (Phi) is 18.8. The Morgan fingerprint density at radius 3 is 2.04 bits per heavy atom. The van der Waals surface area contributed by atoms with Gasteiger partial charge in [-0.05, 0) is 49.4 Å². The molecule has 1 aromatic carbocycles. The van der Waals surface area contributed by atoms with Crippen molar-refractivity contribution in [3.05, 3.63) is 30.0 Å². The fourth-order valence-corrected chi connectivity index (χ4v) is 7.00. The van der Waals surface area contributed by atoms with Crippen LogP contribution in [0, 0.1) is 0 Å². The number of aromatic nitrogens is 1. The van der Waals surface area contributed by atoms with Gasteiger partial charge in [0, 0.05) is 30.1 Å². The molecule has 2 saturated heterocycles. The molecular weight excluding hydrogens is 704 g/mol. The van der Waals surface area contributed by atoms with Crippen LogP contribution in [-0.4, -0.2) is 139 Å². The van der Waals surface area contributed by atoms with Gasteiger partial charge in [-0.2, -0.15) is 0 Å². The molecule has 3 heterocycles. The van der Waals surface area contributed by atoms with Crippen molar-refractivity contribution in [2.75, 3.05) is 19.8 Å². The van der Waals surface area contributed by atoms with Gasteiger partial charge in [0.25, 0.3) is 0 Å². The van der Waals surface area contributed by atoms with E-state index in [4.69, 9.17) is 18.9 Å². The molecule has 0 aliphatic carbocycles. The summed E-state index contributed by atoms with van der Waals surface area (Å²) in [4.78, 5) is 15.7. The zero-order valence-corrected chi connectivity index (χ0v) is 31.5. The number of hydrogen-bond acceptors (Lipinski definition) is 13. The smallest absolute Gasteiger partial charge is 0.229 e. The van der Waals surface area contributed by atoms with Crippen molar-refractivity contribution in [2.24, 2.45) is 0 Å². The summed E-state index contributed by atoms with van der Waals surface area (Å²) in [5.74, 6) is 0.340. The summed E-state index contributed by atoms with van der Waals surface area (Å²) in [6.07, 6.45) is 2.26. The molecule has 0 radical (unpaired) electrons. The molecule has 4 rings (SSSR count). The van der Waals surface area contributed by atoms with Crippen LogP contribution in [0.25, 0.3) is 10.9 Å². The first-order valence-electron chi connectivity index (χ1n) is 19.9. The van der Waals surface area contributed by atoms with E-state index >= 15 is 0 Å². The van der Waals surface area contributed by atoms with Gasteiger partial charge in [-0.15, -0.1) is 0 Å². The predicted molar refractivity (Wildman–Crippen MR) is 198 cm³/mol. The normalized spacial score (nSPS) is 29.4. The van der Waals surface area contributed by atoms with Gasteiger partial charge in [-0.25, -0.2) is 0 Å². The monoisotopic (exact) mass is 768 g/mol. The Morgan fingerprint density at radius 1 is 0.796 bits per heavy atom. The number of aliphatic hydroxyl groups is 8. The lowest BCUT2D eigenvalue weighted by Crippen LogP contribution is -2.62. The van der Waals surface area contributed by atoms with E-state index in [1.165, 1.54) is 44.9 Å². The van der Waals surface area contributed by atoms with Crippen molar-refractivity contribution in [2.45, 2.75) is 171 Å². The standard InChI is InChI=1S/C39H64N2O13/c1-2-25(43)14-12-10-8-6-4-3-5-7-9-11-13-15-31(44)40-19-18-24-21-41-28-17-16-26(20-27(24)28)52-39-37(50)35(48)33(46)30(54-39)23-51-38-36(49)34(47)32(45)29(22-42)53-38/h16-17,20-21,25,29-30,32-39,41-43,45-50H,2-15,18-19,22-23H2,1H3,(H,40,44)/t25?,29-,30-,32-,33-,34+,35+,36-,37-,38-,39-/m1/s1. The third kappa shape index (κ3) is 13.1. The molecule has 0 bridgehead atoms. The van der Waals surface area contributed by atoms with E-state index in [1.807, 2.05) is 13.1 Å². The maximum Gasteiger partial charge on any atom is 0.229 e. The number of aromatic amines is 1. The summed E-state index contributed by atoms with van der Waals surface area (Å²) in [6, 6.07) is 5.19. The maximum absolute atomic E-state index is 12.5. The topological polar surface area (TPSA) is 244 Å². The number of H-pyrrole nitrogens is 1. The summed E-state index contributed by atoms with van der Waals surface area (Å²) in [5, 5.41) is 84.9. The second-order valence-corrected chi connectivity index (χ2v) is 14.8. The van der Waals surface area contributed by atoms with Crippen molar-refractivity contribution in [1.29, 1.82) is 0 Å². The Hall–Kier alpha value is -2.41.